The first-order valence-electron chi connectivity index (χ1n) is 11.2. The highest BCUT2D eigenvalue weighted by Crippen LogP contribution is 2.19. The molecule has 0 unspecified atom stereocenters. The summed E-state index contributed by atoms with van der Waals surface area (Å²) in [4.78, 5) is 52.2. The first-order valence-corrected chi connectivity index (χ1v) is 11.2. The summed E-state index contributed by atoms with van der Waals surface area (Å²) in [6, 6.07) is 21.7. The van der Waals surface area contributed by atoms with Gasteiger partial charge in [-0.1, -0.05) is 54.6 Å². The lowest BCUT2D eigenvalue weighted by atomic mass is 10.0. The molecule has 0 bridgehead atoms. The molecule has 1 aromatic heterocycles. The van der Waals surface area contributed by atoms with Gasteiger partial charge in [-0.15, -0.1) is 0 Å². The van der Waals surface area contributed by atoms with E-state index in [0.29, 0.717) is 16.6 Å². The number of pyridine rings is 1. The summed E-state index contributed by atoms with van der Waals surface area (Å²) < 4.78 is 0. The van der Waals surface area contributed by atoms with Gasteiger partial charge in [-0.05, 0) is 48.7 Å². The second-order valence-electron chi connectivity index (χ2n) is 8.37. The molecule has 7 nitrogen and oxygen atoms in total. The van der Waals surface area contributed by atoms with Gasteiger partial charge in [-0.3, -0.25) is 19.2 Å². The highest BCUT2D eigenvalue weighted by atomic mass is 16.2. The molecule has 0 saturated carbocycles. The highest BCUT2D eigenvalue weighted by Gasteiger charge is 2.17. The van der Waals surface area contributed by atoms with E-state index in [1.54, 1.807) is 19.1 Å². The Morgan fingerprint density at radius 1 is 0.914 bits per heavy atom. The number of benzene rings is 3. The minimum absolute atomic E-state index is 0.0541. The van der Waals surface area contributed by atoms with Crippen LogP contribution in [0.2, 0.25) is 0 Å². The van der Waals surface area contributed by atoms with Crippen molar-refractivity contribution in [3.63, 3.8) is 0 Å². The number of H-pyrrole nitrogens is 1. The fourth-order valence-corrected chi connectivity index (χ4v) is 3.80. The highest BCUT2D eigenvalue weighted by molar-refractivity contribution is 6.00. The first-order chi connectivity index (χ1) is 16.8. The molecule has 0 aliphatic rings. The minimum Gasteiger partial charge on any atom is -0.360 e. The monoisotopic (exact) mass is 467 g/mol. The average Bonchev–Trinajstić information content (AvgIpc) is 2.85. The third-order valence-electron chi connectivity index (χ3n) is 5.72. The van der Waals surface area contributed by atoms with E-state index in [0.717, 1.165) is 16.7 Å². The van der Waals surface area contributed by atoms with Gasteiger partial charge in [0.1, 0.15) is 6.04 Å². The number of carbonyl (C=O) groups is 3. The Balaban J connectivity index is 1.38. The van der Waals surface area contributed by atoms with Gasteiger partial charge in [0, 0.05) is 22.8 Å². The van der Waals surface area contributed by atoms with E-state index in [1.165, 1.54) is 19.2 Å². The van der Waals surface area contributed by atoms with E-state index < -0.39 is 17.4 Å². The van der Waals surface area contributed by atoms with E-state index in [2.05, 4.69) is 15.6 Å². The van der Waals surface area contributed by atoms with E-state index >= 15 is 0 Å². The standard InChI is InChI=1S/C28H25N3O4/c1-17(30-26(33)14-19-8-10-21(11-9-19)20-6-4-3-5-7-20)28(35)31-22-12-13-25-23(15-22)27(34)24(16-29-25)18(2)32/h3-13,15-17H,14H2,1-2H3,(H,29,34)(H,30,33)(H,31,35)/t17-/m0/s1. The molecule has 176 valence electrons. The Morgan fingerprint density at radius 2 is 1.60 bits per heavy atom. The molecule has 2 amide bonds. The molecule has 35 heavy (non-hydrogen) atoms. The molecular weight excluding hydrogens is 442 g/mol. The molecule has 0 radical (unpaired) electrons. The number of carbonyl (C=O) groups excluding carboxylic acids is 3. The number of fused-ring (bicyclic) bond motifs is 1. The Kier molecular flexibility index (Phi) is 6.87. The smallest absolute Gasteiger partial charge is 0.246 e. The zero-order chi connectivity index (χ0) is 24.9. The van der Waals surface area contributed by atoms with Crippen molar-refractivity contribution in [2.75, 3.05) is 5.32 Å². The summed E-state index contributed by atoms with van der Waals surface area (Å²) in [5.74, 6) is -1.04. The van der Waals surface area contributed by atoms with Crippen molar-refractivity contribution >= 4 is 34.2 Å². The zero-order valence-electron chi connectivity index (χ0n) is 19.4. The molecule has 4 aromatic rings. The van der Waals surface area contributed by atoms with Crippen molar-refractivity contribution in [3.05, 3.63) is 100 Å². The van der Waals surface area contributed by atoms with Crippen molar-refractivity contribution in [1.82, 2.24) is 10.3 Å². The Hall–Kier alpha value is -4.52. The largest absolute Gasteiger partial charge is 0.360 e. The summed E-state index contributed by atoms with van der Waals surface area (Å²) in [7, 11) is 0. The van der Waals surface area contributed by atoms with Crippen LogP contribution in [0, 0.1) is 0 Å². The van der Waals surface area contributed by atoms with Crippen LogP contribution >= 0.6 is 0 Å². The number of nitrogens with one attached hydrogen (secondary N) is 3. The molecule has 4 rings (SSSR count). The van der Waals surface area contributed by atoms with E-state index in [9.17, 15) is 19.2 Å². The van der Waals surface area contributed by atoms with Gasteiger partial charge in [0.2, 0.25) is 11.8 Å². The molecule has 1 heterocycles. The van der Waals surface area contributed by atoms with E-state index in [-0.39, 0.29) is 23.7 Å². The van der Waals surface area contributed by atoms with E-state index in [4.69, 9.17) is 0 Å². The molecule has 3 N–H and O–H groups in total. The first kappa shape index (κ1) is 23.6. The third kappa shape index (κ3) is 5.52. The van der Waals surface area contributed by atoms with E-state index in [1.807, 2.05) is 54.6 Å². The molecule has 0 saturated heterocycles. The third-order valence-corrected chi connectivity index (χ3v) is 5.72. The van der Waals surface area contributed by atoms with Crippen molar-refractivity contribution in [2.24, 2.45) is 0 Å². The fraction of sp³-hybridized carbons (Fsp3) is 0.143. The summed E-state index contributed by atoms with van der Waals surface area (Å²) in [6.45, 7) is 2.91. The maximum Gasteiger partial charge on any atom is 0.246 e. The number of aromatic nitrogens is 1. The molecule has 0 spiro atoms. The van der Waals surface area contributed by atoms with Crippen LogP contribution in [0.1, 0.15) is 29.8 Å². The van der Waals surface area contributed by atoms with Gasteiger partial charge >= 0.3 is 0 Å². The normalized spacial score (nSPS) is 11.6. The minimum atomic E-state index is -0.788. The number of hydrogen-bond donors (Lipinski definition) is 3. The lowest BCUT2D eigenvalue weighted by Gasteiger charge is -2.15. The number of anilines is 1. The van der Waals surface area contributed by atoms with Gasteiger partial charge in [0.25, 0.3) is 0 Å². The number of amides is 2. The summed E-state index contributed by atoms with van der Waals surface area (Å²) in [6.07, 6.45) is 1.53. The topological polar surface area (TPSA) is 108 Å². The zero-order valence-corrected chi connectivity index (χ0v) is 19.4. The lowest BCUT2D eigenvalue weighted by Crippen LogP contribution is -2.42. The lowest BCUT2D eigenvalue weighted by molar-refractivity contribution is -0.125. The fourth-order valence-electron chi connectivity index (χ4n) is 3.80. The molecule has 0 aliphatic heterocycles. The van der Waals surface area contributed by atoms with Crippen LogP contribution in [0.5, 0.6) is 0 Å². The Morgan fingerprint density at radius 3 is 2.29 bits per heavy atom. The predicted molar refractivity (Wildman–Crippen MR) is 136 cm³/mol. The summed E-state index contributed by atoms with van der Waals surface area (Å²) in [5.41, 5.74) is 3.60. The Labute approximate surface area is 202 Å². The van der Waals surface area contributed by atoms with Crippen LogP contribution in [0.3, 0.4) is 0 Å². The van der Waals surface area contributed by atoms with Gasteiger partial charge in [-0.2, -0.15) is 0 Å². The van der Waals surface area contributed by atoms with Gasteiger partial charge in [-0.25, -0.2) is 0 Å². The number of Topliss-reactive ketones (excluding diaryl/α,β-unsaturated/α-hetero) is 1. The molecule has 1 atom stereocenters. The van der Waals surface area contributed by atoms with Gasteiger partial charge < -0.3 is 15.6 Å². The van der Waals surface area contributed by atoms with Crippen LogP contribution in [-0.4, -0.2) is 28.6 Å². The van der Waals surface area contributed by atoms with Crippen molar-refractivity contribution < 1.29 is 14.4 Å². The maximum absolute atomic E-state index is 12.6. The van der Waals surface area contributed by atoms with Crippen LogP contribution in [0.15, 0.2) is 83.8 Å². The second kappa shape index (κ2) is 10.2. The number of rotatable bonds is 7. The van der Waals surface area contributed by atoms with Gasteiger partial charge in [0.15, 0.2) is 11.2 Å². The quantitative estimate of drug-likeness (QED) is 0.356. The summed E-state index contributed by atoms with van der Waals surface area (Å²) in [5, 5.41) is 5.71. The number of aromatic amines is 1. The SMILES string of the molecule is CC(=O)c1c[nH]c2ccc(NC(=O)[C@H](C)NC(=O)Cc3ccc(-c4ccccc4)cc3)cc2c1=O. The molecule has 0 fully saturated rings. The van der Waals surface area contributed by atoms with Crippen LogP contribution < -0.4 is 16.1 Å². The molecule has 3 aromatic carbocycles. The molecule has 7 heteroatoms. The van der Waals surface area contributed by atoms with Crippen molar-refractivity contribution in [2.45, 2.75) is 26.3 Å². The molecular formula is C28H25N3O4. The predicted octanol–water partition coefficient (Wildman–Crippen LogP) is 4.08. The maximum atomic E-state index is 12.6. The number of ketones is 1. The van der Waals surface area contributed by atoms with Crippen LogP contribution in [0.4, 0.5) is 5.69 Å². The summed E-state index contributed by atoms with van der Waals surface area (Å²) >= 11 is 0. The van der Waals surface area contributed by atoms with Crippen LogP contribution in [0.25, 0.3) is 22.0 Å². The molecule has 0 aliphatic carbocycles. The average molecular weight is 468 g/mol. The Bertz CT molecular complexity index is 1460. The van der Waals surface area contributed by atoms with Crippen molar-refractivity contribution in [1.29, 1.82) is 0 Å². The second-order valence-corrected chi connectivity index (χ2v) is 8.37. The van der Waals surface area contributed by atoms with Crippen molar-refractivity contribution in [3.8, 4) is 11.1 Å². The van der Waals surface area contributed by atoms with Crippen LogP contribution in [-0.2, 0) is 16.0 Å². The van der Waals surface area contributed by atoms with Gasteiger partial charge in [0.05, 0.1) is 12.0 Å². The number of hydrogen-bond acceptors (Lipinski definition) is 4.